The van der Waals surface area contributed by atoms with Crippen LogP contribution in [0.3, 0.4) is 0 Å². The molecule has 4 nitrogen and oxygen atoms in total. The summed E-state index contributed by atoms with van der Waals surface area (Å²) in [4.78, 5) is 13.6. The number of nitrogens with one attached hydrogen (secondary N) is 1. The van der Waals surface area contributed by atoms with Crippen molar-refractivity contribution in [1.29, 1.82) is 0 Å². The summed E-state index contributed by atoms with van der Waals surface area (Å²) >= 11 is 0. The minimum Gasteiger partial charge on any atom is -0.459 e. The minimum absolute atomic E-state index is 0.220. The Balaban J connectivity index is 1.67. The van der Waals surface area contributed by atoms with Crippen molar-refractivity contribution in [3.8, 4) is 0 Å². The Labute approximate surface area is 165 Å². The molecule has 5 heteroatoms. The second-order valence-electron chi connectivity index (χ2n) is 6.48. The molecule has 0 saturated carbocycles. The van der Waals surface area contributed by atoms with Crippen LogP contribution in [0.1, 0.15) is 27.7 Å². The lowest BCUT2D eigenvalue weighted by Gasteiger charge is -2.17. The van der Waals surface area contributed by atoms with E-state index < -0.39 is 16.8 Å². The van der Waals surface area contributed by atoms with E-state index in [1.165, 1.54) is 0 Å². The van der Waals surface area contributed by atoms with Gasteiger partial charge in [-0.1, -0.05) is 48.5 Å². The molecule has 0 aliphatic heterocycles. The highest BCUT2D eigenvalue weighted by Crippen LogP contribution is 2.28. The highest BCUT2D eigenvalue weighted by Gasteiger charge is 2.21. The van der Waals surface area contributed by atoms with Gasteiger partial charge >= 0.3 is 0 Å². The third-order valence-electron chi connectivity index (χ3n) is 4.59. The molecule has 28 heavy (non-hydrogen) atoms. The number of carbonyl (C=O) groups is 1. The number of furan rings is 1. The first kappa shape index (κ1) is 18.2. The van der Waals surface area contributed by atoms with E-state index in [2.05, 4.69) is 5.32 Å². The molecule has 4 aromatic rings. The normalized spacial score (nSPS) is 13.2. The number of amides is 1. The third kappa shape index (κ3) is 3.75. The fourth-order valence-electron chi connectivity index (χ4n) is 3.12. The molecule has 140 valence electrons. The summed E-state index contributed by atoms with van der Waals surface area (Å²) in [6.45, 7) is 0. The summed E-state index contributed by atoms with van der Waals surface area (Å²) in [5.74, 6) is 0.453. The van der Waals surface area contributed by atoms with Gasteiger partial charge in [0.05, 0.1) is 0 Å². The summed E-state index contributed by atoms with van der Waals surface area (Å²) < 4.78 is 17.6. The molecule has 1 amide bonds. The Morgan fingerprint density at radius 2 is 1.61 bits per heavy atom. The Kier molecular flexibility index (Phi) is 5.08. The van der Waals surface area contributed by atoms with E-state index in [9.17, 15) is 9.00 Å². The Bertz CT molecular complexity index is 1100. The third-order valence-corrected chi connectivity index (χ3v) is 5.52. The van der Waals surface area contributed by atoms with Crippen LogP contribution in [-0.2, 0) is 10.8 Å². The summed E-state index contributed by atoms with van der Waals surface area (Å²) in [5, 5.41) is 4.06. The van der Waals surface area contributed by atoms with E-state index in [1.807, 2.05) is 60.7 Å². The van der Waals surface area contributed by atoms with Crippen LogP contribution in [0.5, 0.6) is 0 Å². The second-order valence-corrected chi connectivity index (χ2v) is 7.86. The number of fused-ring (bicyclic) bond motifs is 1. The van der Waals surface area contributed by atoms with Crippen molar-refractivity contribution in [2.75, 3.05) is 6.26 Å². The molecular formula is C23H19NO3S. The summed E-state index contributed by atoms with van der Waals surface area (Å²) in [6, 6.07) is 25.8. The molecule has 0 aliphatic carbocycles. The Morgan fingerprint density at radius 1 is 0.929 bits per heavy atom. The number of carbonyl (C=O) groups excluding carboxylic acids is 1. The molecule has 0 bridgehead atoms. The first-order chi connectivity index (χ1) is 13.6. The first-order valence-corrected chi connectivity index (χ1v) is 10.5. The monoisotopic (exact) mass is 389 g/mol. The Hall–Kier alpha value is -3.18. The van der Waals surface area contributed by atoms with Gasteiger partial charge in [0.1, 0.15) is 17.4 Å². The van der Waals surface area contributed by atoms with Crippen molar-refractivity contribution in [3.05, 3.63) is 102 Å². The number of para-hydroxylation sites is 1. The van der Waals surface area contributed by atoms with Crippen molar-refractivity contribution >= 4 is 27.7 Å². The van der Waals surface area contributed by atoms with Gasteiger partial charge in [-0.15, -0.1) is 0 Å². The molecule has 0 saturated heterocycles. The maximum absolute atomic E-state index is 12.9. The van der Waals surface area contributed by atoms with Crippen LogP contribution >= 0.6 is 0 Å². The fraction of sp³-hybridized carbons (Fsp3) is 0.0870. The number of benzene rings is 3. The van der Waals surface area contributed by atoms with Gasteiger partial charge in [-0.2, -0.15) is 0 Å². The average molecular weight is 389 g/mol. The molecule has 4 rings (SSSR count). The van der Waals surface area contributed by atoms with Crippen LogP contribution < -0.4 is 5.32 Å². The largest absolute Gasteiger partial charge is 0.459 e. The molecule has 0 spiro atoms. The summed E-state index contributed by atoms with van der Waals surface area (Å²) in [7, 11) is -1.08. The maximum atomic E-state index is 12.9. The molecule has 3 aromatic carbocycles. The Morgan fingerprint density at radius 3 is 2.29 bits per heavy atom. The highest BCUT2D eigenvalue weighted by molar-refractivity contribution is 7.84. The zero-order valence-corrected chi connectivity index (χ0v) is 16.1. The van der Waals surface area contributed by atoms with Gasteiger partial charge in [0.25, 0.3) is 5.91 Å². The molecule has 0 radical (unpaired) electrons. The molecular weight excluding hydrogens is 370 g/mol. The van der Waals surface area contributed by atoms with Crippen LogP contribution in [0, 0.1) is 0 Å². The maximum Gasteiger partial charge on any atom is 0.252 e. The molecule has 1 aromatic heterocycles. The van der Waals surface area contributed by atoms with E-state index >= 15 is 0 Å². The van der Waals surface area contributed by atoms with Crippen molar-refractivity contribution in [3.63, 3.8) is 0 Å². The van der Waals surface area contributed by atoms with Gasteiger partial charge in [0.15, 0.2) is 0 Å². The lowest BCUT2D eigenvalue weighted by molar-refractivity contribution is 0.0939. The van der Waals surface area contributed by atoms with Gasteiger partial charge in [-0.25, -0.2) is 0 Å². The van der Waals surface area contributed by atoms with Crippen molar-refractivity contribution in [1.82, 2.24) is 5.32 Å². The van der Waals surface area contributed by atoms with E-state index in [0.29, 0.717) is 16.2 Å². The molecule has 0 aliphatic rings. The van der Waals surface area contributed by atoms with E-state index in [4.69, 9.17) is 4.42 Å². The van der Waals surface area contributed by atoms with Crippen LogP contribution in [0.15, 0.2) is 94.2 Å². The lowest BCUT2D eigenvalue weighted by Crippen LogP contribution is -2.29. The van der Waals surface area contributed by atoms with Crippen LogP contribution in [0.4, 0.5) is 0 Å². The standard InChI is InChI=1S/C23H19NO3S/c1-28(26)19-13-11-17(12-14-19)23(25)24-22(16-7-3-2-4-8-16)21-15-18-9-5-6-10-20(18)27-21/h2-15,22H,1H3,(H,24,25)/t22-,28-/m1/s1. The zero-order chi connectivity index (χ0) is 19.5. The smallest absolute Gasteiger partial charge is 0.252 e. The van der Waals surface area contributed by atoms with E-state index in [-0.39, 0.29) is 5.91 Å². The molecule has 0 unspecified atom stereocenters. The molecule has 1 N–H and O–H groups in total. The van der Waals surface area contributed by atoms with Crippen molar-refractivity contribution < 1.29 is 13.4 Å². The fourth-order valence-corrected chi connectivity index (χ4v) is 3.64. The number of rotatable bonds is 5. The van der Waals surface area contributed by atoms with Gasteiger partial charge in [0.2, 0.25) is 0 Å². The predicted molar refractivity (Wildman–Crippen MR) is 111 cm³/mol. The van der Waals surface area contributed by atoms with Crippen LogP contribution in [0.2, 0.25) is 0 Å². The number of hydrogen-bond acceptors (Lipinski definition) is 3. The molecule has 2 atom stereocenters. The second kappa shape index (κ2) is 7.82. The van der Waals surface area contributed by atoms with E-state index in [1.54, 1.807) is 30.5 Å². The quantitative estimate of drug-likeness (QED) is 0.539. The van der Waals surface area contributed by atoms with Gasteiger partial charge < -0.3 is 9.73 Å². The summed E-state index contributed by atoms with van der Waals surface area (Å²) in [6.07, 6.45) is 1.61. The first-order valence-electron chi connectivity index (χ1n) is 8.89. The number of hydrogen-bond donors (Lipinski definition) is 1. The van der Waals surface area contributed by atoms with Crippen LogP contribution in [-0.4, -0.2) is 16.4 Å². The molecule has 0 fully saturated rings. The highest BCUT2D eigenvalue weighted by atomic mass is 32.2. The summed E-state index contributed by atoms with van der Waals surface area (Å²) in [5.41, 5.74) is 2.22. The van der Waals surface area contributed by atoms with Crippen LogP contribution in [0.25, 0.3) is 11.0 Å². The van der Waals surface area contributed by atoms with Crippen molar-refractivity contribution in [2.45, 2.75) is 10.9 Å². The topological polar surface area (TPSA) is 59.3 Å². The van der Waals surface area contributed by atoms with Gasteiger partial charge in [0, 0.05) is 32.9 Å². The lowest BCUT2D eigenvalue weighted by atomic mass is 10.0. The van der Waals surface area contributed by atoms with E-state index in [0.717, 1.165) is 16.5 Å². The van der Waals surface area contributed by atoms with Gasteiger partial charge in [-0.05, 0) is 42.0 Å². The average Bonchev–Trinajstić information content (AvgIpc) is 3.16. The molecule has 1 heterocycles. The predicted octanol–water partition coefficient (Wildman–Crippen LogP) is 4.69. The SMILES string of the molecule is C[S@@](=O)c1ccc(C(=O)N[C@H](c2ccccc2)c2cc3ccccc3o2)cc1. The minimum atomic E-state index is -1.08. The zero-order valence-electron chi connectivity index (χ0n) is 15.3. The van der Waals surface area contributed by atoms with Gasteiger partial charge in [-0.3, -0.25) is 9.00 Å². The van der Waals surface area contributed by atoms with Crippen molar-refractivity contribution in [2.24, 2.45) is 0 Å².